The van der Waals surface area contributed by atoms with Crippen molar-refractivity contribution in [2.24, 2.45) is 11.1 Å². The Morgan fingerprint density at radius 3 is 2.48 bits per heavy atom. The van der Waals surface area contributed by atoms with E-state index in [1.165, 1.54) is 18.2 Å². The number of nitrogens with zero attached hydrogens (tertiary/aromatic N) is 2. The van der Waals surface area contributed by atoms with Gasteiger partial charge in [0.15, 0.2) is 5.78 Å². The van der Waals surface area contributed by atoms with Gasteiger partial charge in [0.2, 0.25) is 5.91 Å². The second kappa shape index (κ2) is 6.79. The minimum Gasteiger partial charge on any atom is -0.384 e. The Morgan fingerprint density at radius 2 is 1.82 bits per heavy atom. The first-order valence-electron chi connectivity index (χ1n) is 10.8. The summed E-state index contributed by atoms with van der Waals surface area (Å²) in [7, 11) is 0. The molecule has 2 aromatic carbocycles. The topological polar surface area (TPSA) is 99.2 Å². The van der Waals surface area contributed by atoms with Crippen LogP contribution in [-0.2, 0) is 15.0 Å². The van der Waals surface area contributed by atoms with Crippen molar-refractivity contribution in [2.75, 3.05) is 10.2 Å². The number of carbonyl (C=O) groups excluding carboxylic acids is 2. The summed E-state index contributed by atoms with van der Waals surface area (Å²) in [6, 6.07) is 13.6. The Kier molecular flexibility index (Phi) is 4.31. The number of fused-ring (bicyclic) bond motifs is 3. The highest BCUT2D eigenvalue weighted by Gasteiger charge is 2.61. The molecule has 5 rings (SSSR count). The number of halogens is 1. The first-order chi connectivity index (χ1) is 15.6. The van der Waals surface area contributed by atoms with Crippen LogP contribution in [0.4, 0.5) is 15.8 Å². The molecule has 3 aliphatic rings. The molecule has 1 atom stereocenters. The molecular weight excluding hydrogens is 419 g/mol. The van der Waals surface area contributed by atoms with Gasteiger partial charge in [-0.3, -0.25) is 14.5 Å². The van der Waals surface area contributed by atoms with Crippen molar-refractivity contribution in [2.45, 2.75) is 39.0 Å². The molecular formula is C26H23FN4O2. The molecule has 2 aliphatic heterocycles. The lowest BCUT2D eigenvalue weighted by molar-refractivity contribution is -0.123. The van der Waals surface area contributed by atoms with E-state index in [1.807, 2.05) is 45.0 Å². The van der Waals surface area contributed by atoms with E-state index in [1.54, 1.807) is 4.90 Å². The van der Waals surface area contributed by atoms with Crippen molar-refractivity contribution in [3.8, 4) is 6.07 Å². The van der Waals surface area contributed by atoms with Crippen LogP contribution < -0.4 is 16.0 Å². The van der Waals surface area contributed by atoms with Gasteiger partial charge in [-0.25, -0.2) is 4.39 Å². The predicted molar refractivity (Wildman–Crippen MR) is 122 cm³/mol. The number of anilines is 2. The third kappa shape index (κ3) is 2.77. The highest BCUT2D eigenvalue weighted by Crippen LogP contribution is 2.57. The molecule has 7 heteroatoms. The maximum atomic E-state index is 14.4. The van der Waals surface area contributed by atoms with E-state index in [9.17, 15) is 19.2 Å². The van der Waals surface area contributed by atoms with Gasteiger partial charge < -0.3 is 11.1 Å². The number of rotatable bonds is 1. The third-order valence-corrected chi connectivity index (χ3v) is 6.75. The van der Waals surface area contributed by atoms with Crippen LogP contribution in [0.2, 0.25) is 0 Å². The summed E-state index contributed by atoms with van der Waals surface area (Å²) in [4.78, 5) is 29.0. The average molecular weight is 442 g/mol. The van der Waals surface area contributed by atoms with Gasteiger partial charge in [-0.1, -0.05) is 31.5 Å². The summed E-state index contributed by atoms with van der Waals surface area (Å²) in [5.41, 5.74) is 7.52. The first kappa shape index (κ1) is 21.0. The SMILES string of the molecule is Cc1ccc(N2C(N)=C(C#N)C3(C(=O)Nc4ccc(F)cc43)C3=C2CC(C)(C)CC3=O)cc1. The van der Waals surface area contributed by atoms with Crippen LogP contribution in [0.5, 0.6) is 0 Å². The van der Waals surface area contributed by atoms with Crippen molar-refractivity contribution in [1.82, 2.24) is 0 Å². The lowest BCUT2D eigenvalue weighted by atomic mass is 9.60. The molecule has 0 saturated heterocycles. The van der Waals surface area contributed by atoms with E-state index in [4.69, 9.17) is 5.73 Å². The Hall–Kier alpha value is -3.92. The molecule has 6 nitrogen and oxygen atoms in total. The number of hydrogen-bond donors (Lipinski definition) is 2. The van der Waals surface area contributed by atoms with Crippen molar-refractivity contribution >= 4 is 23.1 Å². The molecule has 0 aromatic heterocycles. The smallest absolute Gasteiger partial charge is 0.245 e. The summed E-state index contributed by atoms with van der Waals surface area (Å²) in [6.45, 7) is 5.93. The molecule has 0 saturated carbocycles. The van der Waals surface area contributed by atoms with Crippen LogP contribution in [-0.4, -0.2) is 11.7 Å². The van der Waals surface area contributed by atoms with E-state index in [0.29, 0.717) is 23.5 Å². The van der Waals surface area contributed by atoms with E-state index in [0.717, 1.165) is 5.56 Å². The minimum atomic E-state index is -1.78. The molecule has 2 heterocycles. The van der Waals surface area contributed by atoms with E-state index < -0.39 is 17.1 Å². The predicted octanol–water partition coefficient (Wildman–Crippen LogP) is 4.18. The largest absolute Gasteiger partial charge is 0.384 e. The van der Waals surface area contributed by atoms with Gasteiger partial charge in [-0.2, -0.15) is 5.26 Å². The van der Waals surface area contributed by atoms with Crippen LogP contribution in [0, 0.1) is 29.5 Å². The highest BCUT2D eigenvalue weighted by molar-refractivity contribution is 6.20. The van der Waals surface area contributed by atoms with Crippen LogP contribution >= 0.6 is 0 Å². The average Bonchev–Trinajstić information content (AvgIpc) is 3.00. The van der Waals surface area contributed by atoms with Gasteiger partial charge in [0, 0.05) is 34.6 Å². The van der Waals surface area contributed by atoms with Crippen molar-refractivity contribution in [3.63, 3.8) is 0 Å². The van der Waals surface area contributed by atoms with Gasteiger partial charge >= 0.3 is 0 Å². The second-order valence-corrected chi connectivity index (χ2v) is 9.70. The highest BCUT2D eigenvalue weighted by atomic mass is 19.1. The molecule has 0 radical (unpaired) electrons. The molecule has 166 valence electrons. The minimum absolute atomic E-state index is 0.0675. The summed E-state index contributed by atoms with van der Waals surface area (Å²) in [5, 5.41) is 13.0. The first-order valence-corrected chi connectivity index (χ1v) is 10.8. The maximum absolute atomic E-state index is 14.4. The van der Waals surface area contributed by atoms with Gasteiger partial charge in [0.25, 0.3) is 0 Å². The van der Waals surface area contributed by atoms with Crippen molar-refractivity contribution < 1.29 is 14.0 Å². The Balaban J connectivity index is 1.90. The number of nitrogens with two attached hydrogens (primary N) is 1. The van der Waals surface area contributed by atoms with Crippen molar-refractivity contribution in [3.05, 3.63) is 82.1 Å². The van der Waals surface area contributed by atoms with Gasteiger partial charge in [-0.05, 0) is 49.1 Å². The van der Waals surface area contributed by atoms with Crippen LogP contribution in [0.25, 0.3) is 0 Å². The Labute approximate surface area is 191 Å². The Morgan fingerprint density at radius 1 is 1.12 bits per heavy atom. The van der Waals surface area contributed by atoms with Crippen LogP contribution in [0.15, 0.2) is 65.1 Å². The number of carbonyl (C=O) groups is 2. The van der Waals surface area contributed by atoms with E-state index in [2.05, 4.69) is 11.4 Å². The number of amides is 1. The molecule has 33 heavy (non-hydrogen) atoms. The van der Waals surface area contributed by atoms with E-state index >= 15 is 0 Å². The number of aryl methyl sites for hydroxylation is 1. The molecule has 1 aliphatic carbocycles. The monoisotopic (exact) mass is 442 g/mol. The normalized spacial score (nSPS) is 23.4. The lowest BCUT2D eigenvalue weighted by Crippen LogP contribution is -2.52. The molecule has 2 aromatic rings. The molecule has 1 unspecified atom stereocenters. The quantitative estimate of drug-likeness (QED) is 0.690. The zero-order chi connectivity index (χ0) is 23.7. The number of allylic oxidation sites excluding steroid dienone is 1. The molecule has 1 spiro atoms. The number of hydrogen-bond acceptors (Lipinski definition) is 5. The zero-order valence-corrected chi connectivity index (χ0v) is 18.6. The molecule has 0 fully saturated rings. The number of benzene rings is 2. The number of nitrogens with one attached hydrogen (secondary N) is 1. The van der Waals surface area contributed by atoms with Gasteiger partial charge in [0.05, 0.1) is 5.57 Å². The maximum Gasteiger partial charge on any atom is 0.245 e. The summed E-state index contributed by atoms with van der Waals surface area (Å²) >= 11 is 0. The second-order valence-electron chi connectivity index (χ2n) is 9.70. The fraction of sp³-hybridized carbons (Fsp3) is 0.269. The van der Waals surface area contributed by atoms with Crippen molar-refractivity contribution in [1.29, 1.82) is 5.26 Å². The Bertz CT molecular complexity index is 1350. The number of nitriles is 1. The summed E-state index contributed by atoms with van der Waals surface area (Å²) in [5.74, 6) is -1.30. The fourth-order valence-corrected chi connectivity index (χ4v) is 5.38. The van der Waals surface area contributed by atoms with Crippen LogP contribution in [0.3, 0.4) is 0 Å². The number of ketones is 1. The third-order valence-electron chi connectivity index (χ3n) is 6.75. The van der Waals surface area contributed by atoms with Gasteiger partial charge in [0.1, 0.15) is 23.1 Å². The molecule has 1 amide bonds. The molecule has 0 bridgehead atoms. The summed E-state index contributed by atoms with van der Waals surface area (Å²) < 4.78 is 14.4. The summed E-state index contributed by atoms with van der Waals surface area (Å²) in [6.07, 6.45) is 0.660. The van der Waals surface area contributed by atoms with Crippen LogP contribution in [0.1, 0.15) is 37.8 Å². The van der Waals surface area contributed by atoms with Gasteiger partial charge in [-0.15, -0.1) is 0 Å². The lowest BCUT2D eigenvalue weighted by Gasteiger charge is -2.46. The van der Waals surface area contributed by atoms with E-state index in [-0.39, 0.29) is 40.1 Å². The fourth-order valence-electron chi connectivity index (χ4n) is 5.38. The standard InChI is InChI=1S/C26H23FN4O2/c1-14-4-7-16(8-5-14)31-20-11-25(2,3)12-21(32)22(20)26(18(13-28)23(31)29)17-10-15(27)6-9-19(17)30-24(26)33/h4-10H,11-12,29H2,1-3H3,(H,30,33). The molecule has 3 N–H and O–H groups in total. The number of Topliss-reactive ketones (excluding diaryl/α,β-unsaturated/α-hetero) is 1. The zero-order valence-electron chi connectivity index (χ0n) is 18.6.